The summed E-state index contributed by atoms with van der Waals surface area (Å²) < 4.78 is 119. The van der Waals surface area contributed by atoms with Crippen molar-refractivity contribution in [3.05, 3.63) is 119 Å². The number of carbonyl (C=O) groups is 4. The van der Waals surface area contributed by atoms with Crippen molar-refractivity contribution in [2.75, 3.05) is 0 Å². The maximum atomic E-state index is 10.6. The molecule has 0 fully saturated rings. The van der Waals surface area contributed by atoms with E-state index in [4.69, 9.17) is 18.2 Å². The summed E-state index contributed by atoms with van der Waals surface area (Å²) in [4.78, 5) is 38.9. The van der Waals surface area contributed by atoms with Crippen LogP contribution in [-0.2, 0) is 40.5 Å². The van der Waals surface area contributed by atoms with E-state index < -0.39 is 106 Å². The fourth-order valence-corrected chi connectivity index (χ4v) is 6.16. The number of benzene rings is 4. The molecule has 0 radical (unpaired) electrons. The van der Waals surface area contributed by atoms with Gasteiger partial charge in [0.25, 0.3) is 40.5 Å². The van der Waals surface area contributed by atoms with E-state index in [2.05, 4.69) is 0 Å². The molecule has 4 N–H and O–H groups in total. The minimum absolute atomic E-state index is 0. The van der Waals surface area contributed by atoms with Crippen LogP contribution >= 0.6 is 0 Å². The molecule has 0 spiro atoms. The predicted octanol–water partition coefficient (Wildman–Crippen LogP) is -3.19. The largest absolute Gasteiger partial charge is 4.00 e. The van der Waals surface area contributed by atoms with Crippen molar-refractivity contribution in [2.24, 2.45) is 0 Å². The van der Waals surface area contributed by atoms with Gasteiger partial charge in [0.1, 0.15) is 19.6 Å². The van der Waals surface area contributed by atoms with Crippen LogP contribution in [0.5, 0.6) is 0 Å². The van der Waals surface area contributed by atoms with Crippen LogP contribution in [0.2, 0.25) is 0 Å². The van der Waals surface area contributed by atoms with E-state index in [1.54, 1.807) is 0 Å². The molecular weight excluding hydrogens is 903 g/mol. The van der Waals surface area contributed by atoms with Gasteiger partial charge in [-0.25, -0.2) is 0 Å². The quantitative estimate of drug-likeness (QED) is 0.0999. The Morgan fingerprint density at radius 1 is 0.340 bits per heavy atom. The van der Waals surface area contributed by atoms with Gasteiger partial charge in [0.2, 0.25) is 0 Å². The smallest absolute Gasteiger partial charge is 0.545 e. The van der Waals surface area contributed by atoms with Gasteiger partial charge in [0.05, 0.1) is 23.9 Å². The first-order valence-electron chi connectivity index (χ1n) is 12.8. The summed E-state index contributed by atoms with van der Waals surface area (Å²) >= 11 is 0. The maximum Gasteiger partial charge on any atom is 4.00 e. The molecule has 4 aromatic rings. The van der Waals surface area contributed by atoms with Crippen LogP contribution < -0.4 is 20.4 Å². The van der Waals surface area contributed by atoms with Crippen molar-refractivity contribution in [1.29, 1.82) is 0 Å². The number of carboxylic acids is 4. The normalized spacial score (nSPS) is 10.9. The molecule has 0 aliphatic rings. The summed E-state index contributed by atoms with van der Waals surface area (Å²) in [5, 5.41) is 41.5. The first-order valence-corrected chi connectivity index (χ1v) is 18.6. The first-order chi connectivity index (χ1) is 23.7. The Balaban J connectivity index is 0.000000676. The van der Waals surface area contributed by atoms with Crippen molar-refractivity contribution >= 4 is 88.3 Å². The second-order valence-corrected chi connectivity index (χ2v) is 14.6. The van der Waals surface area contributed by atoms with Crippen molar-refractivity contribution < 1.29 is 91.5 Å². The molecule has 0 aromatic heterocycles. The van der Waals surface area contributed by atoms with Gasteiger partial charge in [0, 0.05) is 22.3 Å². The van der Waals surface area contributed by atoms with Crippen LogP contribution in [0.15, 0.2) is 117 Å². The van der Waals surface area contributed by atoms with E-state index in [9.17, 15) is 73.3 Å². The Morgan fingerprint density at radius 3 is 0.566 bits per heavy atom. The van der Waals surface area contributed by atoms with E-state index in [1.807, 2.05) is 0 Å². The number of hydrogen-bond acceptors (Lipinski definition) is 16. The zero-order valence-corrected chi connectivity index (χ0v) is 31.8. The molecule has 0 saturated heterocycles. The van der Waals surface area contributed by atoms with E-state index in [0.29, 0.717) is 0 Å². The van der Waals surface area contributed by atoms with Gasteiger partial charge in [-0.15, -0.1) is 0 Å². The molecule has 280 valence electrons. The van der Waals surface area contributed by atoms with Crippen LogP contribution in [0, 0.1) is 0 Å². The van der Waals surface area contributed by atoms with Gasteiger partial charge in [0.15, 0.2) is 0 Å². The van der Waals surface area contributed by atoms with Crippen molar-refractivity contribution in [2.45, 2.75) is 19.6 Å². The third kappa shape index (κ3) is 15.4. The molecule has 0 heterocycles. The van der Waals surface area contributed by atoms with Gasteiger partial charge in [-0.3, -0.25) is 18.2 Å². The summed E-state index contributed by atoms with van der Waals surface area (Å²) in [6.07, 6.45) is 0. The van der Waals surface area contributed by atoms with E-state index >= 15 is 0 Å². The molecule has 25 heteroatoms. The zero-order valence-electron chi connectivity index (χ0n) is 25.7. The Labute approximate surface area is 316 Å². The molecule has 4 rings (SSSR count). The molecule has 53 heavy (non-hydrogen) atoms. The second kappa shape index (κ2) is 19.9. The molecule has 0 saturated carbocycles. The third-order valence-corrected chi connectivity index (χ3v) is 9.19. The Kier molecular flexibility index (Phi) is 18.1. The third-order valence-electron chi connectivity index (χ3n) is 5.54. The summed E-state index contributed by atoms with van der Waals surface area (Å²) in [5.41, 5.74) is -2.20. The van der Waals surface area contributed by atoms with Gasteiger partial charge in [-0.05, 0) is 24.3 Å². The number of rotatable bonds is 8. The fourth-order valence-electron chi connectivity index (χ4n) is 3.44. The van der Waals surface area contributed by atoms with Gasteiger partial charge < -0.3 is 39.6 Å². The molecule has 20 nitrogen and oxygen atoms in total. The number of hydrogen-bond donors (Lipinski definition) is 4. The Bertz CT molecular complexity index is 2080. The minimum atomic E-state index is -4.50. The standard InChI is InChI=1S/4C7H6O5S.Sn/c4*8-7(9)5-3-1-2-4-6(5)13(10,11)12;/h4*1-4H,(H,8,9)(H,10,11,12);/q;;;;+4/p-4. The molecule has 4 aromatic carbocycles. The number of aromatic carboxylic acids is 4. The molecular formula is C28H20O20S4Sn. The number of carbonyl (C=O) groups excluding carboxylic acids is 4. The predicted molar refractivity (Wildman–Crippen MR) is 168 cm³/mol. The molecule has 0 bridgehead atoms. The van der Waals surface area contributed by atoms with Crippen LogP contribution in [-0.4, -0.2) is 99.7 Å². The van der Waals surface area contributed by atoms with Crippen molar-refractivity contribution in [3.8, 4) is 0 Å². The van der Waals surface area contributed by atoms with E-state index in [1.165, 1.54) is 48.5 Å². The Morgan fingerprint density at radius 2 is 0.472 bits per heavy atom. The van der Waals surface area contributed by atoms with Crippen molar-refractivity contribution in [1.82, 2.24) is 0 Å². The first kappa shape index (κ1) is 48.2. The van der Waals surface area contributed by atoms with Crippen LogP contribution in [0.4, 0.5) is 0 Å². The second-order valence-electron chi connectivity index (χ2n) is 9.03. The average molecular weight is 923 g/mol. The summed E-state index contributed by atoms with van der Waals surface area (Å²) in [5.74, 6) is -6.58. The van der Waals surface area contributed by atoms with Gasteiger partial charge in [-0.1, -0.05) is 72.8 Å². The van der Waals surface area contributed by atoms with Gasteiger partial charge in [-0.2, -0.15) is 33.7 Å². The van der Waals surface area contributed by atoms with Crippen LogP contribution in [0.1, 0.15) is 41.4 Å². The number of carboxylic acid groups (broad SMARTS) is 4. The molecule has 0 unspecified atom stereocenters. The zero-order chi connectivity index (χ0) is 40.2. The van der Waals surface area contributed by atoms with Crippen molar-refractivity contribution in [3.63, 3.8) is 0 Å². The molecule has 0 amide bonds. The molecule has 0 atom stereocenters. The monoisotopic (exact) mass is 924 g/mol. The maximum absolute atomic E-state index is 10.6. The van der Waals surface area contributed by atoms with E-state index in [-0.39, 0.29) is 23.9 Å². The minimum Gasteiger partial charge on any atom is -0.545 e. The fraction of sp³-hybridized carbons (Fsp3) is 0. The topological polar surface area (TPSA) is 378 Å². The summed E-state index contributed by atoms with van der Waals surface area (Å²) in [6.45, 7) is 0. The van der Waals surface area contributed by atoms with Gasteiger partial charge >= 0.3 is 23.9 Å². The molecule has 0 aliphatic heterocycles. The van der Waals surface area contributed by atoms with Crippen LogP contribution in [0.25, 0.3) is 0 Å². The SMILES string of the molecule is O=C([O-])c1ccccc1S(=O)(=O)O.O=C([O-])c1ccccc1S(=O)(=O)O.O=C([O-])c1ccccc1S(=O)(=O)O.O=C([O-])c1ccccc1S(=O)(=O)O.[Sn+4]. The summed E-state index contributed by atoms with van der Waals surface area (Å²) in [6, 6.07) is 18.6. The van der Waals surface area contributed by atoms with E-state index in [0.717, 1.165) is 48.5 Å². The van der Waals surface area contributed by atoms with Crippen LogP contribution in [0.3, 0.4) is 0 Å². The molecule has 0 aliphatic carbocycles. The average Bonchev–Trinajstić information content (AvgIpc) is 3.04. The Hall–Kier alpha value is -4.80. The summed E-state index contributed by atoms with van der Waals surface area (Å²) in [7, 11) is -18.0.